The summed E-state index contributed by atoms with van der Waals surface area (Å²) in [6, 6.07) is 0. The standard InChI is InChI=1S/C14H24N2O2/c1-11-9-13(11)14(17)16-6-4-15(5-7-16)10-12-3-2-8-18-12/h11-13H,2-10H2,1H3/t11-,12-,13-/m1/s1. The quantitative estimate of drug-likeness (QED) is 0.750. The van der Waals surface area contributed by atoms with Gasteiger partial charge in [-0.2, -0.15) is 0 Å². The highest BCUT2D eigenvalue weighted by atomic mass is 16.5. The van der Waals surface area contributed by atoms with Crippen molar-refractivity contribution in [3.05, 3.63) is 0 Å². The van der Waals surface area contributed by atoms with Gasteiger partial charge in [0.05, 0.1) is 6.10 Å². The summed E-state index contributed by atoms with van der Waals surface area (Å²) in [6.45, 7) is 8.03. The molecule has 3 aliphatic rings. The van der Waals surface area contributed by atoms with E-state index in [0.29, 0.717) is 23.8 Å². The van der Waals surface area contributed by atoms with Crippen LogP contribution in [0.2, 0.25) is 0 Å². The molecule has 4 nitrogen and oxygen atoms in total. The number of ether oxygens (including phenoxy) is 1. The molecule has 0 bridgehead atoms. The summed E-state index contributed by atoms with van der Waals surface area (Å²) in [5.41, 5.74) is 0. The number of hydrogen-bond acceptors (Lipinski definition) is 3. The predicted octanol–water partition coefficient (Wildman–Crippen LogP) is 0.966. The maximum atomic E-state index is 12.1. The van der Waals surface area contributed by atoms with E-state index in [1.54, 1.807) is 0 Å². The lowest BCUT2D eigenvalue weighted by molar-refractivity contribution is -0.134. The zero-order valence-corrected chi connectivity index (χ0v) is 11.3. The first kappa shape index (κ1) is 12.4. The maximum absolute atomic E-state index is 12.1. The fraction of sp³-hybridized carbons (Fsp3) is 0.929. The summed E-state index contributed by atoms with van der Waals surface area (Å²) in [4.78, 5) is 16.6. The largest absolute Gasteiger partial charge is 0.377 e. The molecule has 2 heterocycles. The molecule has 0 N–H and O–H groups in total. The van der Waals surface area contributed by atoms with Crippen molar-refractivity contribution < 1.29 is 9.53 Å². The van der Waals surface area contributed by atoms with E-state index in [0.717, 1.165) is 45.8 Å². The summed E-state index contributed by atoms with van der Waals surface area (Å²) in [5.74, 6) is 1.37. The van der Waals surface area contributed by atoms with Crippen LogP contribution >= 0.6 is 0 Å². The van der Waals surface area contributed by atoms with Crippen LogP contribution in [0.5, 0.6) is 0 Å². The Morgan fingerprint density at radius 1 is 1.28 bits per heavy atom. The highest BCUT2D eigenvalue weighted by Gasteiger charge is 2.42. The van der Waals surface area contributed by atoms with Crippen LogP contribution in [0, 0.1) is 11.8 Å². The number of nitrogens with zero attached hydrogens (tertiary/aromatic N) is 2. The van der Waals surface area contributed by atoms with Gasteiger partial charge in [0.25, 0.3) is 0 Å². The monoisotopic (exact) mass is 252 g/mol. The topological polar surface area (TPSA) is 32.8 Å². The van der Waals surface area contributed by atoms with E-state index in [-0.39, 0.29) is 0 Å². The van der Waals surface area contributed by atoms with Crippen molar-refractivity contribution in [2.75, 3.05) is 39.3 Å². The Kier molecular flexibility index (Phi) is 3.57. The van der Waals surface area contributed by atoms with E-state index in [1.807, 2.05) is 0 Å². The number of hydrogen-bond donors (Lipinski definition) is 0. The van der Waals surface area contributed by atoms with Crippen molar-refractivity contribution in [1.82, 2.24) is 9.80 Å². The van der Waals surface area contributed by atoms with E-state index in [2.05, 4.69) is 16.7 Å². The molecular weight excluding hydrogens is 228 g/mol. The van der Waals surface area contributed by atoms with Gasteiger partial charge in [-0.15, -0.1) is 0 Å². The fourth-order valence-electron chi connectivity index (χ4n) is 3.13. The maximum Gasteiger partial charge on any atom is 0.226 e. The molecule has 102 valence electrons. The molecule has 3 fully saturated rings. The fourth-order valence-corrected chi connectivity index (χ4v) is 3.13. The van der Waals surface area contributed by atoms with Crippen molar-refractivity contribution >= 4 is 5.91 Å². The average Bonchev–Trinajstić information content (AvgIpc) is 2.89. The first-order chi connectivity index (χ1) is 8.74. The number of amides is 1. The van der Waals surface area contributed by atoms with Crippen LogP contribution < -0.4 is 0 Å². The summed E-state index contributed by atoms with van der Waals surface area (Å²) in [5, 5.41) is 0. The van der Waals surface area contributed by atoms with Crippen LogP contribution in [-0.4, -0.2) is 61.1 Å². The normalized spacial score (nSPS) is 36.9. The lowest BCUT2D eigenvalue weighted by atomic mass is 10.2. The van der Waals surface area contributed by atoms with Crippen molar-refractivity contribution in [1.29, 1.82) is 0 Å². The minimum absolute atomic E-state index is 0.342. The highest BCUT2D eigenvalue weighted by Crippen LogP contribution is 2.39. The molecule has 1 saturated carbocycles. The van der Waals surface area contributed by atoms with Gasteiger partial charge in [0, 0.05) is 45.2 Å². The zero-order chi connectivity index (χ0) is 12.5. The van der Waals surface area contributed by atoms with E-state index in [9.17, 15) is 4.79 Å². The third-order valence-electron chi connectivity index (χ3n) is 4.60. The number of carbonyl (C=O) groups is 1. The SMILES string of the molecule is C[C@@H]1C[C@H]1C(=O)N1CCN(C[C@H]2CCCO2)CC1. The Morgan fingerprint density at radius 3 is 2.56 bits per heavy atom. The van der Waals surface area contributed by atoms with Crippen LogP contribution in [-0.2, 0) is 9.53 Å². The third kappa shape index (κ3) is 2.69. The van der Waals surface area contributed by atoms with Gasteiger partial charge in [0.15, 0.2) is 0 Å². The molecule has 0 radical (unpaired) electrons. The minimum atomic E-state index is 0.342. The first-order valence-electron chi connectivity index (χ1n) is 7.37. The second-order valence-corrected chi connectivity index (χ2v) is 6.08. The van der Waals surface area contributed by atoms with Crippen LogP contribution in [0.1, 0.15) is 26.2 Å². The Hall–Kier alpha value is -0.610. The number of carbonyl (C=O) groups excluding carboxylic acids is 1. The number of piperazine rings is 1. The van der Waals surface area contributed by atoms with Gasteiger partial charge in [-0.1, -0.05) is 6.92 Å². The van der Waals surface area contributed by atoms with Gasteiger partial charge in [0.2, 0.25) is 5.91 Å². The van der Waals surface area contributed by atoms with Gasteiger partial charge in [0.1, 0.15) is 0 Å². The van der Waals surface area contributed by atoms with Crippen molar-refractivity contribution in [3.63, 3.8) is 0 Å². The molecule has 0 unspecified atom stereocenters. The first-order valence-corrected chi connectivity index (χ1v) is 7.37. The van der Waals surface area contributed by atoms with Crippen LogP contribution in [0.4, 0.5) is 0 Å². The van der Waals surface area contributed by atoms with Gasteiger partial charge >= 0.3 is 0 Å². The summed E-state index contributed by atoms with van der Waals surface area (Å²) < 4.78 is 5.67. The van der Waals surface area contributed by atoms with Gasteiger partial charge < -0.3 is 9.64 Å². The molecule has 1 amide bonds. The smallest absolute Gasteiger partial charge is 0.226 e. The summed E-state index contributed by atoms with van der Waals surface area (Å²) in [7, 11) is 0. The second kappa shape index (κ2) is 5.17. The van der Waals surface area contributed by atoms with E-state index < -0.39 is 0 Å². The molecule has 3 atom stereocenters. The number of rotatable bonds is 3. The van der Waals surface area contributed by atoms with E-state index in [1.165, 1.54) is 12.8 Å². The molecule has 0 aromatic rings. The van der Waals surface area contributed by atoms with Crippen molar-refractivity contribution in [2.45, 2.75) is 32.3 Å². The Morgan fingerprint density at radius 2 is 2.00 bits per heavy atom. The molecule has 4 heteroatoms. The van der Waals surface area contributed by atoms with E-state index in [4.69, 9.17) is 4.74 Å². The molecule has 18 heavy (non-hydrogen) atoms. The lowest BCUT2D eigenvalue weighted by Gasteiger charge is -2.35. The van der Waals surface area contributed by atoms with Crippen LogP contribution in [0.25, 0.3) is 0 Å². The lowest BCUT2D eigenvalue weighted by Crippen LogP contribution is -2.50. The molecule has 2 saturated heterocycles. The molecule has 2 aliphatic heterocycles. The average molecular weight is 252 g/mol. The minimum Gasteiger partial charge on any atom is -0.377 e. The molecule has 3 rings (SSSR count). The van der Waals surface area contributed by atoms with E-state index >= 15 is 0 Å². The highest BCUT2D eigenvalue weighted by molar-refractivity contribution is 5.81. The van der Waals surface area contributed by atoms with Gasteiger partial charge in [-0.05, 0) is 25.2 Å². The summed E-state index contributed by atoms with van der Waals surface area (Å²) >= 11 is 0. The molecule has 0 aromatic heterocycles. The Balaban J connectivity index is 1.41. The zero-order valence-electron chi connectivity index (χ0n) is 11.3. The van der Waals surface area contributed by atoms with Crippen LogP contribution in [0.3, 0.4) is 0 Å². The molecule has 0 aromatic carbocycles. The third-order valence-corrected chi connectivity index (χ3v) is 4.60. The molecule has 0 spiro atoms. The van der Waals surface area contributed by atoms with Crippen molar-refractivity contribution in [2.24, 2.45) is 11.8 Å². The summed E-state index contributed by atoms with van der Waals surface area (Å²) in [6.07, 6.45) is 3.96. The molecule has 1 aliphatic carbocycles. The second-order valence-electron chi connectivity index (χ2n) is 6.08. The van der Waals surface area contributed by atoms with Gasteiger partial charge in [-0.3, -0.25) is 9.69 Å². The predicted molar refractivity (Wildman–Crippen MR) is 69.3 cm³/mol. The Bertz CT molecular complexity index is 307. The Labute approximate surface area is 109 Å². The van der Waals surface area contributed by atoms with Gasteiger partial charge in [-0.25, -0.2) is 0 Å². The van der Waals surface area contributed by atoms with Crippen LogP contribution in [0.15, 0.2) is 0 Å². The molecular formula is C14H24N2O2. The van der Waals surface area contributed by atoms with Crippen molar-refractivity contribution in [3.8, 4) is 0 Å².